The van der Waals surface area contributed by atoms with Crippen LogP contribution in [0.4, 0.5) is 4.39 Å². The molecule has 7 nitrogen and oxygen atoms in total. The van der Waals surface area contributed by atoms with Gasteiger partial charge in [0.25, 0.3) is 0 Å². The first-order chi connectivity index (χ1) is 14.0. The van der Waals surface area contributed by atoms with Crippen LogP contribution in [0.15, 0.2) is 53.7 Å². The fraction of sp³-hybridized carbons (Fsp3) is 0.400. The Labute approximate surface area is 169 Å². The van der Waals surface area contributed by atoms with E-state index in [0.717, 1.165) is 24.5 Å². The predicted molar refractivity (Wildman–Crippen MR) is 105 cm³/mol. The van der Waals surface area contributed by atoms with Gasteiger partial charge < -0.3 is 10.1 Å². The largest absolute Gasteiger partial charge is 0.381 e. The lowest BCUT2D eigenvalue weighted by molar-refractivity contribution is -0.122. The molecule has 1 aromatic carbocycles. The fourth-order valence-corrected chi connectivity index (χ4v) is 4.41. The summed E-state index contributed by atoms with van der Waals surface area (Å²) in [5, 5.41) is 3.01. The van der Waals surface area contributed by atoms with E-state index in [9.17, 15) is 17.6 Å². The molecule has 0 radical (unpaired) electrons. The number of pyridine rings is 1. The van der Waals surface area contributed by atoms with E-state index in [4.69, 9.17) is 4.74 Å². The van der Waals surface area contributed by atoms with Crippen LogP contribution in [0.2, 0.25) is 0 Å². The van der Waals surface area contributed by atoms with Gasteiger partial charge >= 0.3 is 0 Å². The van der Waals surface area contributed by atoms with Crippen molar-refractivity contribution in [1.29, 1.82) is 0 Å². The molecule has 156 valence electrons. The Hall–Kier alpha value is -2.36. The number of hydrogen-bond acceptors (Lipinski definition) is 5. The number of carbonyl (C=O) groups excluding carboxylic acids is 1. The molecule has 0 bridgehead atoms. The molecule has 2 N–H and O–H groups in total. The second-order valence-corrected chi connectivity index (χ2v) is 8.65. The van der Waals surface area contributed by atoms with Crippen molar-refractivity contribution in [3.05, 3.63) is 60.2 Å². The molecular weight excluding hydrogens is 397 g/mol. The average molecular weight is 421 g/mol. The topological polar surface area (TPSA) is 97.4 Å². The van der Waals surface area contributed by atoms with E-state index in [0.29, 0.717) is 13.2 Å². The number of nitrogens with one attached hydrogen (secondary N) is 2. The van der Waals surface area contributed by atoms with Gasteiger partial charge in [-0.2, -0.15) is 0 Å². The molecule has 0 saturated carbocycles. The number of ether oxygens (including phenoxy) is 1. The quantitative estimate of drug-likeness (QED) is 0.681. The predicted octanol–water partition coefficient (Wildman–Crippen LogP) is 2.17. The zero-order chi connectivity index (χ0) is 20.7. The molecule has 1 atom stereocenters. The molecule has 9 heteroatoms. The van der Waals surface area contributed by atoms with Gasteiger partial charge in [0.2, 0.25) is 15.9 Å². The Bertz CT molecular complexity index is 918. The van der Waals surface area contributed by atoms with Crippen LogP contribution in [0, 0.1) is 11.7 Å². The smallest absolute Gasteiger partial charge is 0.240 e. The van der Waals surface area contributed by atoms with Gasteiger partial charge in [0, 0.05) is 38.6 Å². The minimum atomic E-state index is -3.88. The van der Waals surface area contributed by atoms with Gasteiger partial charge in [-0.05, 0) is 48.6 Å². The molecule has 2 heterocycles. The highest BCUT2D eigenvalue weighted by molar-refractivity contribution is 7.89. The van der Waals surface area contributed by atoms with Crippen molar-refractivity contribution < 1.29 is 22.3 Å². The molecule has 1 amide bonds. The second-order valence-electron chi connectivity index (χ2n) is 6.89. The number of halogens is 1. The van der Waals surface area contributed by atoms with Crippen molar-refractivity contribution in [1.82, 2.24) is 15.0 Å². The van der Waals surface area contributed by atoms with Crippen LogP contribution in [0.3, 0.4) is 0 Å². The van der Waals surface area contributed by atoms with E-state index >= 15 is 0 Å². The van der Waals surface area contributed by atoms with Crippen LogP contribution < -0.4 is 10.0 Å². The van der Waals surface area contributed by atoms with E-state index in [1.807, 2.05) is 12.1 Å². The SMILES string of the molecule is O=C(CCNS(=O)(=O)c1cccc(F)c1)NC(c1cccnc1)C1CCOCC1. The number of sulfonamides is 1. The summed E-state index contributed by atoms with van der Waals surface area (Å²) < 4.78 is 45.5. The summed E-state index contributed by atoms with van der Waals surface area (Å²) in [6.45, 7) is 1.20. The normalized spacial score (nSPS) is 16.3. The standard InChI is InChI=1S/C20H24FN3O4S/c21-17-4-1-5-18(13-17)29(26,27)23-10-6-19(25)24-20(15-7-11-28-12-8-15)16-3-2-9-22-14-16/h1-5,9,13-15,20,23H,6-8,10-12H2,(H,24,25). The first-order valence-electron chi connectivity index (χ1n) is 9.48. The summed E-state index contributed by atoms with van der Waals surface area (Å²) in [6.07, 6.45) is 5.02. The Morgan fingerprint density at radius 1 is 1.24 bits per heavy atom. The summed E-state index contributed by atoms with van der Waals surface area (Å²) in [6, 6.07) is 8.26. The number of benzene rings is 1. The minimum Gasteiger partial charge on any atom is -0.381 e. The van der Waals surface area contributed by atoms with Crippen molar-refractivity contribution in [3.8, 4) is 0 Å². The third kappa shape index (κ3) is 6.06. The Morgan fingerprint density at radius 3 is 2.72 bits per heavy atom. The molecule has 1 aliphatic rings. The van der Waals surface area contributed by atoms with E-state index in [1.54, 1.807) is 12.4 Å². The molecule has 1 aromatic heterocycles. The molecule has 2 aromatic rings. The van der Waals surface area contributed by atoms with Crippen molar-refractivity contribution in [2.45, 2.75) is 30.2 Å². The molecule has 3 rings (SSSR count). The van der Waals surface area contributed by atoms with Crippen LogP contribution >= 0.6 is 0 Å². The molecule has 0 aliphatic carbocycles. The zero-order valence-corrected chi connectivity index (χ0v) is 16.7. The van der Waals surface area contributed by atoms with Crippen molar-refractivity contribution >= 4 is 15.9 Å². The fourth-order valence-electron chi connectivity index (χ4n) is 3.34. The summed E-state index contributed by atoms with van der Waals surface area (Å²) in [7, 11) is -3.88. The third-order valence-electron chi connectivity index (χ3n) is 4.85. The first-order valence-corrected chi connectivity index (χ1v) is 11.0. The number of rotatable bonds is 8. The Balaban J connectivity index is 1.59. The van der Waals surface area contributed by atoms with Crippen LogP contribution in [0.1, 0.15) is 30.9 Å². The maximum atomic E-state index is 13.3. The monoisotopic (exact) mass is 421 g/mol. The number of aromatic nitrogens is 1. The van der Waals surface area contributed by atoms with Crippen molar-refractivity contribution in [2.24, 2.45) is 5.92 Å². The highest BCUT2D eigenvalue weighted by atomic mass is 32.2. The molecule has 29 heavy (non-hydrogen) atoms. The van der Waals surface area contributed by atoms with Crippen molar-refractivity contribution in [3.63, 3.8) is 0 Å². The van der Waals surface area contributed by atoms with Gasteiger partial charge in [0.15, 0.2) is 0 Å². The van der Waals surface area contributed by atoms with E-state index < -0.39 is 15.8 Å². The molecule has 0 spiro atoms. The molecular formula is C20H24FN3O4S. The van der Waals surface area contributed by atoms with Gasteiger partial charge in [0.1, 0.15) is 5.82 Å². The van der Waals surface area contributed by atoms with Crippen LogP contribution in [0.25, 0.3) is 0 Å². The summed E-state index contributed by atoms with van der Waals surface area (Å²) in [5.74, 6) is -0.686. The minimum absolute atomic E-state index is 0.0332. The lowest BCUT2D eigenvalue weighted by Crippen LogP contribution is -2.37. The molecule has 1 aliphatic heterocycles. The van der Waals surface area contributed by atoms with Crippen LogP contribution in [-0.2, 0) is 19.6 Å². The van der Waals surface area contributed by atoms with E-state index in [1.165, 1.54) is 18.2 Å². The van der Waals surface area contributed by atoms with Crippen molar-refractivity contribution in [2.75, 3.05) is 19.8 Å². The number of carbonyl (C=O) groups is 1. The molecule has 1 saturated heterocycles. The van der Waals surface area contributed by atoms with Gasteiger partial charge in [-0.15, -0.1) is 0 Å². The Kier molecular flexibility index (Phi) is 7.29. The molecule has 1 fully saturated rings. The Morgan fingerprint density at radius 2 is 2.03 bits per heavy atom. The summed E-state index contributed by atoms with van der Waals surface area (Å²) >= 11 is 0. The number of amides is 1. The van der Waals surface area contributed by atoms with Gasteiger partial charge in [-0.1, -0.05) is 12.1 Å². The zero-order valence-electron chi connectivity index (χ0n) is 15.9. The summed E-state index contributed by atoms with van der Waals surface area (Å²) in [4.78, 5) is 16.5. The maximum Gasteiger partial charge on any atom is 0.240 e. The second kappa shape index (κ2) is 9.91. The first kappa shape index (κ1) is 21.4. The van der Waals surface area contributed by atoms with Crippen LogP contribution in [-0.4, -0.2) is 39.1 Å². The number of nitrogens with zero attached hydrogens (tertiary/aromatic N) is 1. The highest BCUT2D eigenvalue weighted by Crippen LogP contribution is 2.29. The van der Waals surface area contributed by atoms with E-state index in [2.05, 4.69) is 15.0 Å². The van der Waals surface area contributed by atoms with Crippen LogP contribution in [0.5, 0.6) is 0 Å². The third-order valence-corrected chi connectivity index (χ3v) is 6.31. The average Bonchev–Trinajstić information content (AvgIpc) is 2.73. The number of hydrogen-bond donors (Lipinski definition) is 2. The maximum absolute atomic E-state index is 13.3. The van der Waals surface area contributed by atoms with Gasteiger partial charge in [-0.25, -0.2) is 17.5 Å². The molecule has 1 unspecified atom stereocenters. The highest BCUT2D eigenvalue weighted by Gasteiger charge is 2.27. The summed E-state index contributed by atoms with van der Waals surface area (Å²) in [5.41, 5.74) is 0.910. The van der Waals surface area contributed by atoms with Gasteiger partial charge in [0.05, 0.1) is 10.9 Å². The van der Waals surface area contributed by atoms with Gasteiger partial charge in [-0.3, -0.25) is 9.78 Å². The van der Waals surface area contributed by atoms with E-state index in [-0.39, 0.29) is 35.7 Å². The lowest BCUT2D eigenvalue weighted by atomic mass is 9.87. The lowest BCUT2D eigenvalue weighted by Gasteiger charge is -2.31.